The van der Waals surface area contributed by atoms with Gasteiger partial charge in [-0.05, 0) is 48.9 Å². The summed E-state index contributed by atoms with van der Waals surface area (Å²) in [5, 5.41) is 8.89. The summed E-state index contributed by atoms with van der Waals surface area (Å²) in [6.45, 7) is 1.40. The lowest BCUT2D eigenvalue weighted by molar-refractivity contribution is -0.105. The fourth-order valence-electron chi connectivity index (χ4n) is 2.43. The van der Waals surface area contributed by atoms with Crippen molar-refractivity contribution >= 4 is 22.3 Å². The van der Waals surface area contributed by atoms with Gasteiger partial charge in [0.05, 0.1) is 22.4 Å². The van der Waals surface area contributed by atoms with Gasteiger partial charge in [-0.2, -0.15) is 18.4 Å². The van der Waals surface area contributed by atoms with Crippen LogP contribution in [-0.4, -0.2) is 41.0 Å². The number of hydrogen-bond donors (Lipinski definition) is 0. The zero-order chi connectivity index (χ0) is 21.1. The third kappa shape index (κ3) is 5.39. The van der Waals surface area contributed by atoms with E-state index < -0.39 is 28.5 Å². The minimum absolute atomic E-state index is 0.115. The summed E-state index contributed by atoms with van der Waals surface area (Å²) < 4.78 is 64.2. The van der Waals surface area contributed by atoms with E-state index in [1.165, 1.54) is 6.92 Å². The third-order valence-corrected chi connectivity index (χ3v) is 5.23. The van der Waals surface area contributed by atoms with Gasteiger partial charge in [0.2, 0.25) is 0 Å². The molecule has 0 aromatic heterocycles. The molecule has 0 aliphatic carbocycles. The number of benzene rings is 2. The van der Waals surface area contributed by atoms with Crippen LogP contribution < -0.4 is 0 Å². The maximum absolute atomic E-state index is 14.4. The van der Waals surface area contributed by atoms with Crippen molar-refractivity contribution in [3.63, 3.8) is 0 Å². The molecule has 2 rings (SSSR count). The summed E-state index contributed by atoms with van der Waals surface area (Å²) in [6, 6.07) is 10.5. The lowest BCUT2D eigenvalue weighted by Gasteiger charge is -2.17. The first kappa shape index (κ1) is 21.6. The molecule has 4 nitrogen and oxygen atoms in total. The third-order valence-electron chi connectivity index (χ3n) is 3.71. The van der Waals surface area contributed by atoms with Gasteiger partial charge in [-0.15, -0.1) is 0 Å². The summed E-state index contributed by atoms with van der Waals surface area (Å²) in [7, 11) is 0.977. The van der Waals surface area contributed by atoms with Crippen molar-refractivity contribution in [3.05, 3.63) is 58.9 Å². The Kier molecular flexibility index (Phi) is 6.56. The number of aryl methyl sites for hydroxylation is 1. The average Bonchev–Trinajstić information content (AvgIpc) is 2.59. The molecular weight excluding hydrogens is 394 g/mol. The molecule has 1 unspecified atom stereocenters. The average molecular weight is 411 g/mol. The monoisotopic (exact) mass is 411 g/mol. The Balaban J connectivity index is 2.53. The number of rotatable bonds is 4. The fourth-order valence-corrected chi connectivity index (χ4v) is 3.54. The molecule has 2 aromatic carbocycles. The predicted molar refractivity (Wildman–Crippen MR) is 99.5 cm³/mol. The molecule has 0 heterocycles. The molecule has 0 saturated heterocycles. The van der Waals surface area contributed by atoms with Crippen molar-refractivity contribution in [1.82, 2.24) is 4.90 Å². The topological polar surface area (TPSA) is 56.5 Å². The summed E-state index contributed by atoms with van der Waals surface area (Å²) >= 11 is 0. The SMILES string of the molecule is Cc1cc(F)c(N=C(c2ccc(C#N)cc2)N(C)C)cc1S(=O)CC(F)(F)F. The van der Waals surface area contributed by atoms with Crippen LogP contribution in [-0.2, 0) is 10.8 Å². The molecule has 1 atom stereocenters. The summed E-state index contributed by atoms with van der Waals surface area (Å²) in [5.74, 6) is -1.92. The first-order valence-electron chi connectivity index (χ1n) is 8.03. The highest BCUT2D eigenvalue weighted by Crippen LogP contribution is 2.28. The second-order valence-electron chi connectivity index (χ2n) is 6.19. The molecule has 0 radical (unpaired) electrons. The number of aliphatic imine (C=N–C) groups is 1. The second-order valence-corrected chi connectivity index (χ2v) is 7.61. The van der Waals surface area contributed by atoms with E-state index in [0.717, 1.165) is 12.1 Å². The molecule has 0 aliphatic heterocycles. The van der Waals surface area contributed by atoms with E-state index >= 15 is 0 Å². The normalized spacial score (nSPS) is 13.1. The van der Waals surface area contributed by atoms with Gasteiger partial charge in [0.25, 0.3) is 0 Å². The van der Waals surface area contributed by atoms with Crippen LogP contribution >= 0.6 is 0 Å². The van der Waals surface area contributed by atoms with Gasteiger partial charge in [-0.25, -0.2) is 9.38 Å². The second kappa shape index (κ2) is 8.52. The van der Waals surface area contributed by atoms with Crippen LogP contribution in [0.4, 0.5) is 23.2 Å². The zero-order valence-corrected chi connectivity index (χ0v) is 16.2. The van der Waals surface area contributed by atoms with Crippen LogP contribution in [0.1, 0.15) is 16.7 Å². The van der Waals surface area contributed by atoms with E-state index in [9.17, 15) is 21.8 Å². The number of amidine groups is 1. The van der Waals surface area contributed by atoms with Crippen LogP contribution in [0.5, 0.6) is 0 Å². The molecule has 0 spiro atoms. The largest absolute Gasteiger partial charge is 0.400 e. The highest BCUT2D eigenvalue weighted by molar-refractivity contribution is 7.85. The van der Waals surface area contributed by atoms with E-state index in [1.54, 1.807) is 43.3 Å². The Hall–Kier alpha value is -2.73. The molecular formula is C19H17F4N3OS. The molecule has 9 heteroatoms. The van der Waals surface area contributed by atoms with Crippen LogP contribution in [0, 0.1) is 24.1 Å². The lowest BCUT2D eigenvalue weighted by atomic mass is 10.1. The molecule has 28 heavy (non-hydrogen) atoms. The van der Waals surface area contributed by atoms with E-state index in [-0.39, 0.29) is 16.1 Å². The van der Waals surface area contributed by atoms with Crippen molar-refractivity contribution < 1.29 is 21.8 Å². The number of hydrogen-bond acceptors (Lipinski definition) is 3. The van der Waals surface area contributed by atoms with E-state index in [1.807, 2.05) is 6.07 Å². The summed E-state index contributed by atoms with van der Waals surface area (Å²) in [6.07, 6.45) is -4.60. The number of nitriles is 1. The number of alkyl halides is 3. The Morgan fingerprint density at radius 2 is 1.82 bits per heavy atom. The van der Waals surface area contributed by atoms with E-state index in [2.05, 4.69) is 4.99 Å². The van der Waals surface area contributed by atoms with Gasteiger partial charge in [-0.1, -0.05) is 0 Å². The molecule has 2 aromatic rings. The predicted octanol–water partition coefficient (Wildman–Crippen LogP) is 4.32. The molecule has 0 bridgehead atoms. The van der Waals surface area contributed by atoms with Gasteiger partial charge in [0, 0.05) is 24.6 Å². The molecule has 0 N–H and O–H groups in total. The van der Waals surface area contributed by atoms with Crippen molar-refractivity contribution in [2.75, 3.05) is 19.8 Å². The minimum atomic E-state index is -4.60. The van der Waals surface area contributed by atoms with Gasteiger partial charge < -0.3 is 4.90 Å². The molecule has 0 aliphatic rings. The molecule has 0 saturated carbocycles. The van der Waals surface area contributed by atoms with Gasteiger partial charge in [0.15, 0.2) is 0 Å². The van der Waals surface area contributed by atoms with Crippen molar-refractivity contribution in [2.45, 2.75) is 18.0 Å². The lowest BCUT2D eigenvalue weighted by Crippen LogP contribution is -2.23. The Morgan fingerprint density at radius 1 is 1.21 bits per heavy atom. The minimum Gasteiger partial charge on any atom is -0.362 e. The van der Waals surface area contributed by atoms with Crippen LogP contribution in [0.2, 0.25) is 0 Å². The Morgan fingerprint density at radius 3 is 2.32 bits per heavy atom. The maximum Gasteiger partial charge on any atom is 0.400 e. The van der Waals surface area contributed by atoms with Crippen molar-refractivity contribution in [1.29, 1.82) is 5.26 Å². The van der Waals surface area contributed by atoms with Gasteiger partial charge >= 0.3 is 6.18 Å². The molecule has 148 valence electrons. The Labute approximate surface area is 162 Å². The van der Waals surface area contributed by atoms with Crippen molar-refractivity contribution in [2.24, 2.45) is 4.99 Å². The first-order chi connectivity index (χ1) is 13.0. The highest BCUT2D eigenvalue weighted by Gasteiger charge is 2.31. The van der Waals surface area contributed by atoms with E-state index in [0.29, 0.717) is 17.0 Å². The van der Waals surface area contributed by atoms with Crippen molar-refractivity contribution in [3.8, 4) is 6.07 Å². The van der Waals surface area contributed by atoms with Crippen LogP contribution in [0.3, 0.4) is 0 Å². The maximum atomic E-state index is 14.4. The molecule has 0 fully saturated rings. The van der Waals surface area contributed by atoms with Gasteiger partial charge in [0.1, 0.15) is 23.1 Å². The smallest absolute Gasteiger partial charge is 0.362 e. The fraction of sp³-hybridized carbons (Fsp3) is 0.263. The summed E-state index contributed by atoms with van der Waals surface area (Å²) in [4.78, 5) is 5.72. The summed E-state index contributed by atoms with van der Waals surface area (Å²) in [5.41, 5.74) is 0.961. The van der Waals surface area contributed by atoms with Crippen LogP contribution in [0.15, 0.2) is 46.3 Å². The van der Waals surface area contributed by atoms with E-state index in [4.69, 9.17) is 5.26 Å². The zero-order valence-electron chi connectivity index (χ0n) is 15.3. The quantitative estimate of drug-likeness (QED) is 0.428. The number of nitrogens with zero attached hydrogens (tertiary/aromatic N) is 3. The van der Waals surface area contributed by atoms with Gasteiger partial charge in [-0.3, -0.25) is 4.21 Å². The molecule has 0 amide bonds. The Bertz CT molecular complexity index is 961. The van der Waals surface area contributed by atoms with Crippen LogP contribution in [0.25, 0.3) is 0 Å². The number of halogens is 4. The standard InChI is InChI=1S/C19H17F4N3OS/c1-12-8-15(20)16(9-17(12)28(27)11-19(21,22)23)25-18(26(2)3)14-6-4-13(10-24)5-7-14/h4-9H,11H2,1-3H3. The highest BCUT2D eigenvalue weighted by atomic mass is 32.2. The first-order valence-corrected chi connectivity index (χ1v) is 9.35.